The van der Waals surface area contributed by atoms with Gasteiger partial charge in [0.25, 0.3) is 0 Å². The number of nitrogens with one attached hydrogen (secondary N) is 2. The molecule has 0 radical (unpaired) electrons. The van der Waals surface area contributed by atoms with Gasteiger partial charge in [0.2, 0.25) is 0 Å². The van der Waals surface area contributed by atoms with E-state index in [-0.39, 0.29) is 12.6 Å². The Morgan fingerprint density at radius 2 is 1.76 bits per heavy atom. The van der Waals surface area contributed by atoms with Gasteiger partial charge in [0.05, 0.1) is 11.8 Å². The number of para-hydroxylation sites is 1. The van der Waals surface area contributed by atoms with Crippen LogP contribution in [0.2, 0.25) is 0 Å². The quantitative estimate of drug-likeness (QED) is 0.615. The smallest absolute Gasteiger partial charge is 0.313 e. The van der Waals surface area contributed by atoms with Crippen molar-refractivity contribution >= 4 is 29.3 Å². The average molecular weight is 358 g/mol. The van der Waals surface area contributed by atoms with Gasteiger partial charge in [-0.05, 0) is 36.4 Å². The summed E-state index contributed by atoms with van der Waals surface area (Å²) in [6, 6.07) is 15.1. The van der Waals surface area contributed by atoms with Crippen LogP contribution in [0.15, 0.2) is 53.4 Å². The molecule has 2 amide bonds. The summed E-state index contributed by atoms with van der Waals surface area (Å²) in [5, 5.41) is 5.28. The highest BCUT2D eigenvalue weighted by atomic mass is 32.2. The average Bonchev–Trinajstić information content (AvgIpc) is 2.63. The zero-order valence-corrected chi connectivity index (χ0v) is 15.4. The second kappa shape index (κ2) is 9.25. The standard InChI is InChI=1S/C19H22N2O3S/c1-13-8-4-5-9-14(13)16(24-2)12-20-18(22)19(23)21-15-10-6-7-11-17(15)25-3/h4-11,16H,12H2,1-3H3,(H,20,22)(H,21,23). The van der Waals surface area contributed by atoms with Gasteiger partial charge in [-0.3, -0.25) is 9.59 Å². The highest BCUT2D eigenvalue weighted by molar-refractivity contribution is 7.98. The van der Waals surface area contributed by atoms with E-state index in [1.54, 1.807) is 13.2 Å². The van der Waals surface area contributed by atoms with Gasteiger partial charge >= 0.3 is 11.8 Å². The van der Waals surface area contributed by atoms with E-state index < -0.39 is 11.8 Å². The molecule has 0 heterocycles. The molecule has 0 fully saturated rings. The van der Waals surface area contributed by atoms with Crippen molar-refractivity contribution in [3.8, 4) is 0 Å². The molecule has 2 rings (SSSR count). The summed E-state index contributed by atoms with van der Waals surface area (Å²) in [5.41, 5.74) is 2.68. The molecule has 0 saturated heterocycles. The van der Waals surface area contributed by atoms with Crippen molar-refractivity contribution in [2.45, 2.75) is 17.9 Å². The molecule has 0 saturated carbocycles. The number of amides is 2. The summed E-state index contributed by atoms with van der Waals surface area (Å²) in [7, 11) is 1.58. The number of hydrogen-bond acceptors (Lipinski definition) is 4. The lowest BCUT2D eigenvalue weighted by molar-refractivity contribution is -0.136. The van der Waals surface area contributed by atoms with Crippen molar-refractivity contribution < 1.29 is 14.3 Å². The van der Waals surface area contributed by atoms with Crippen LogP contribution in [0.1, 0.15) is 17.2 Å². The van der Waals surface area contributed by atoms with Crippen LogP contribution in [0.4, 0.5) is 5.69 Å². The second-order valence-corrected chi connectivity index (χ2v) is 6.29. The van der Waals surface area contributed by atoms with E-state index in [0.717, 1.165) is 16.0 Å². The molecule has 2 aromatic carbocycles. The van der Waals surface area contributed by atoms with Crippen LogP contribution < -0.4 is 10.6 Å². The van der Waals surface area contributed by atoms with Crippen LogP contribution in [0.5, 0.6) is 0 Å². The highest BCUT2D eigenvalue weighted by Gasteiger charge is 2.18. The van der Waals surface area contributed by atoms with Gasteiger partial charge in [0.15, 0.2) is 0 Å². The van der Waals surface area contributed by atoms with E-state index >= 15 is 0 Å². The molecule has 0 aliphatic heterocycles. The molecular weight excluding hydrogens is 336 g/mol. The van der Waals surface area contributed by atoms with Gasteiger partial charge in [-0.2, -0.15) is 0 Å². The lowest BCUT2D eigenvalue weighted by Crippen LogP contribution is -2.38. The first-order chi connectivity index (χ1) is 12.1. The van der Waals surface area contributed by atoms with Crippen LogP contribution in [0.25, 0.3) is 0 Å². The molecule has 0 aromatic heterocycles. The molecule has 0 aliphatic carbocycles. The molecule has 25 heavy (non-hydrogen) atoms. The van der Waals surface area contributed by atoms with Crippen LogP contribution >= 0.6 is 11.8 Å². The van der Waals surface area contributed by atoms with Gasteiger partial charge in [-0.1, -0.05) is 36.4 Å². The Kier molecular flexibility index (Phi) is 7.03. The van der Waals surface area contributed by atoms with Gasteiger partial charge in [-0.25, -0.2) is 0 Å². The lowest BCUT2D eigenvalue weighted by Gasteiger charge is -2.18. The summed E-state index contributed by atoms with van der Waals surface area (Å²) in [6.45, 7) is 2.20. The molecule has 2 N–H and O–H groups in total. The molecule has 2 aromatic rings. The first-order valence-corrected chi connectivity index (χ1v) is 9.09. The van der Waals surface area contributed by atoms with Crippen molar-refractivity contribution in [1.82, 2.24) is 5.32 Å². The number of methoxy groups -OCH3 is 1. The van der Waals surface area contributed by atoms with E-state index in [1.165, 1.54) is 11.8 Å². The zero-order chi connectivity index (χ0) is 18.2. The van der Waals surface area contributed by atoms with E-state index in [0.29, 0.717) is 5.69 Å². The van der Waals surface area contributed by atoms with Crippen LogP contribution in [0.3, 0.4) is 0 Å². The van der Waals surface area contributed by atoms with E-state index in [1.807, 2.05) is 55.6 Å². The third kappa shape index (κ3) is 5.08. The number of carbonyl (C=O) groups excluding carboxylic acids is 2. The topological polar surface area (TPSA) is 67.4 Å². The molecule has 6 heteroatoms. The Labute approximate surface area is 152 Å². The SMILES string of the molecule is COC(CNC(=O)C(=O)Nc1ccccc1SC)c1ccccc1C. The molecule has 0 bridgehead atoms. The van der Waals surface area contributed by atoms with E-state index in [4.69, 9.17) is 4.74 Å². The monoisotopic (exact) mass is 358 g/mol. The van der Waals surface area contributed by atoms with E-state index in [9.17, 15) is 9.59 Å². The zero-order valence-electron chi connectivity index (χ0n) is 14.5. The predicted molar refractivity (Wildman–Crippen MR) is 101 cm³/mol. The molecule has 1 unspecified atom stereocenters. The van der Waals surface area contributed by atoms with Crippen molar-refractivity contribution in [3.05, 3.63) is 59.7 Å². The number of ether oxygens (including phenoxy) is 1. The number of hydrogen-bond donors (Lipinski definition) is 2. The molecule has 132 valence electrons. The van der Waals surface area contributed by atoms with Gasteiger partial charge in [-0.15, -0.1) is 11.8 Å². The Balaban J connectivity index is 1.97. The first-order valence-electron chi connectivity index (χ1n) is 7.87. The molecule has 0 spiro atoms. The van der Waals surface area contributed by atoms with E-state index in [2.05, 4.69) is 10.6 Å². The number of carbonyl (C=O) groups is 2. The van der Waals surface area contributed by atoms with Crippen LogP contribution in [-0.2, 0) is 14.3 Å². The van der Waals surface area contributed by atoms with Gasteiger partial charge in [0, 0.05) is 18.6 Å². The fourth-order valence-corrected chi connectivity index (χ4v) is 3.01. The molecule has 1 atom stereocenters. The van der Waals surface area contributed by atoms with Gasteiger partial charge in [0.1, 0.15) is 0 Å². The summed E-state index contributed by atoms with van der Waals surface area (Å²) in [6.07, 6.45) is 1.60. The van der Waals surface area contributed by atoms with Crippen molar-refractivity contribution in [2.24, 2.45) is 0 Å². The Morgan fingerprint density at radius 1 is 1.08 bits per heavy atom. The summed E-state index contributed by atoms with van der Waals surface area (Å²) < 4.78 is 5.45. The van der Waals surface area contributed by atoms with Gasteiger partial charge < -0.3 is 15.4 Å². The molecule has 5 nitrogen and oxygen atoms in total. The second-order valence-electron chi connectivity index (χ2n) is 5.45. The first kappa shape index (κ1) is 19.0. The normalized spacial score (nSPS) is 11.6. The fourth-order valence-electron chi connectivity index (χ4n) is 2.46. The third-order valence-corrected chi connectivity index (χ3v) is 4.63. The number of benzene rings is 2. The number of rotatable bonds is 6. The van der Waals surface area contributed by atoms with Crippen molar-refractivity contribution in [3.63, 3.8) is 0 Å². The Bertz CT molecular complexity index is 749. The van der Waals surface area contributed by atoms with Crippen molar-refractivity contribution in [1.29, 1.82) is 0 Å². The molecular formula is C19H22N2O3S. The van der Waals surface area contributed by atoms with Crippen LogP contribution in [0, 0.1) is 6.92 Å². The predicted octanol–water partition coefficient (Wildman–Crippen LogP) is 3.16. The number of aryl methyl sites for hydroxylation is 1. The summed E-state index contributed by atoms with van der Waals surface area (Å²) in [5.74, 6) is -1.38. The molecule has 0 aliphatic rings. The minimum absolute atomic E-state index is 0.220. The highest BCUT2D eigenvalue weighted by Crippen LogP contribution is 2.24. The Morgan fingerprint density at radius 3 is 2.44 bits per heavy atom. The maximum atomic E-state index is 12.1. The maximum absolute atomic E-state index is 12.1. The number of anilines is 1. The van der Waals surface area contributed by atoms with Crippen molar-refractivity contribution in [2.75, 3.05) is 25.2 Å². The minimum atomic E-state index is -0.693. The maximum Gasteiger partial charge on any atom is 0.313 e. The lowest BCUT2D eigenvalue weighted by atomic mass is 10.0. The third-order valence-electron chi connectivity index (χ3n) is 3.83. The fraction of sp³-hybridized carbons (Fsp3) is 0.263. The van der Waals surface area contributed by atoms with Crippen LogP contribution in [-0.4, -0.2) is 31.7 Å². The summed E-state index contributed by atoms with van der Waals surface area (Å²) in [4.78, 5) is 25.1. The minimum Gasteiger partial charge on any atom is -0.375 e. The summed E-state index contributed by atoms with van der Waals surface area (Å²) >= 11 is 1.50. The number of thioether (sulfide) groups is 1. The Hall–Kier alpha value is -2.31. The largest absolute Gasteiger partial charge is 0.375 e.